The third-order valence-electron chi connectivity index (χ3n) is 6.95. The normalized spacial score (nSPS) is 26.7. The lowest BCUT2D eigenvalue weighted by Gasteiger charge is -2.41. The number of fused-ring (bicyclic) bond motifs is 1. The number of aryl methyl sites for hydroxylation is 1. The molecule has 4 rings (SSSR count). The molecule has 154 valence electrons. The fraction of sp³-hybridized carbons (Fsp3) is 0.682. The van der Waals surface area contributed by atoms with Crippen LogP contribution in [0.2, 0.25) is 0 Å². The Morgan fingerprint density at radius 1 is 0.929 bits per heavy atom. The smallest absolute Gasteiger partial charge is 0.253 e. The maximum atomic E-state index is 13.2. The van der Waals surface area contributed by atoms with E-state index in [4.69, 9.17) is 0 Å². The maximum Gasteiger partial charge on any atom is 0.253 e. The number of nitrogens with zero attached hydrogens (tertiary/aromatic N) is 2. The molecule has 3 fully saturated rings. The molecule has 0 bridgehead atoms. The molecule has 1 aliphatic carbocycles. The Balaban J connectivity index is 1.55. The van der Waals surface area contributed by atoms with Gasteiger partial charge in [0, 0.05) is 31.7 Å². The molecule has 3 aliphatic rings. The van der Waals surface area contributed by atoms with E-state index in [0.29, 0.717) is 35.0 Å². The number of carbonyl (C=O) groups is 1. The van der Waals surface area contributed by atoms with Crippen molar-refractivity contribution >= 4 is 15.9 Å². The van der Waals surface area contributed by atoms with E-state index < -0.39 is 10.0 Å². The highest BCUT2D eigenvalue weighted by atomic mass is 32.2. The van der Waals surface area contributed by atoms with Gasteiger partial charge in [-0.2, -0.15) is 4.31 Å². The van der Waals surface area contributed by atoms with Gasteiger partial charge in [0.2, 0.25) is 10.0 Å². The van der Waals surface area contributed by atoms with Crippen molar-refractivity contribution in [1.29, 1.82) is 0 Å². The minimum atomic E-state index is -3.54. The molecule has 0 aromatic heterocycles. The molecule has 28 heavy (non-hydrogen) atoms. The molecule has 5 nitrogen and oxygen atoms in total. The first kappa shape index (κ1) is 19.9. The van der Waals surface area contributed by atoms with Crippen LogP contribution in [0, 0.1) is 18.8 Å². The van der Waals surface area contributed by atoms with Crippen molar-refractivity contribution in [3.63, 3.8) is 0 Å². The second kappa shape index (κ2) is 8.15. The molecular weight excluding hydrogens is 372 g/mol. The zero-order valence-electron chi connectivity index (χ0n) is 16.9. The van der Waals surface area contributed by atoms with E-state index in [-0.39, 0.29) is 5.91 Å². The predicted molar refractivity (Wildman–Crippen MR) is 110 cm³/mol. The van der Waals surface area contributed by atoms with Crippen LogP contribution in [-0.4, -0.2) is 49.7 Å². The Morgan fingerprint density at radius 3 is 2.39 bits per heavy atom. The highest BCUT2D eigenvalue weighted by Crippen LogP contribution is 2.36. The predicted octanol–water partition coefficient (Wildman–Crippen LogP) is 3.82. The SMILES string of the molecule is Cc1ccc(C(=O)N2CC[C@@H]3CCCC[C@H]3C2)cc1S(=O)(=O)N1CCCCC1. The Kier molecular flexibility index (Phi) is 5.79. The molecule has 2 heterocycles. The fourth-order valence-electron chi connectivity index (χ4n) is 5.22. The second-order valence-corrected chi connectivity index (χ2v) is 10.7. The highest BCUT2D eigenvalue weighted by Gasteiger charge is 2.34. The van der Waals surface area contributed by atoms with Gasteiger partial charge in [0.1, 0.15) is 0 Å². The third-order valence-corrected chi connectivity index (χ3v) is 8.99. The number of hydrogen-bond acceptors (Lipinski definition) is 3. The molecule has 2 atom stereocenters. The van der Waals surface area contributed by atoms with Gasteiger partial charge in [-0.3, -0.25) is 4.79 Å². The molecule has 1 saturated carbocycles. The van der Waals surface area contributed by atoms with E-state index in [0.717, 1.165) is 44.7 Å². The van der Waals surface area contributed by atoms with Crippen LogP contribution in [0.25, 0.3) is 0 Å². The van der Waals surface area contributed by atoms with Crippen LogP contribution in [-0.2, 0) is 10.0 Å². The van der Waals surface area contributed by atoms with Gasteiger partial charge >= 0.3 is 0 Å². The van der Waals surface area contributed by atoms with Crippen molar-refractivity contribution in [3.05, 3.63) is 29.3 Å². The van der Waals surface area contributed by atoms with Crippen LogP contribution in [0.3, 0.4) is 0 Å². The number of rotatable bonds is 3. The van der Waals surface area contributed by atoms with Gasteiger partial charge in [0.15, 0.2) is 0 Å². The largest absolute Gasteiger partial charge is 0.338 e. The van der Waals surface area contributed by atoms with Gasteiger partial charge in [-0.05, 0) is 62.1 Å². The standard InChI is InChI=1S/C22H32N2O3S/c1-17-9-10-19(15-21(17)28(26,27)24-12-5-2-6-13-24)22(25)23-14-11-18-7-3-4-8-20(18)16-23/h9-10,15,18,20H,2-8,11-14,16H2,1H3/t18-,20-/m0/s1. The third kappa shape index (κ3) is 3.86. The average molecular weight is 405 g/mol. The van der Waals surface area contributed by atoms with Gasteiger partial charge in [0.25, 0.3) is 5.91 Å². The average Bonchev–Trinajstić information content (AvgIpc) is 2.73. The van der Waals surface area contributed by atoms with Crippen molar-refractivity contribution in [2.24, 2.45) is 11.8 Å². The van der Waals surface area contributed by atoms with E-state index >= 15 is 0 Å². The number of hydrogen-bond donors (Lipinski definition) is 0. The summed E-state index contributed by atoms with van der Waals surface area (Å²) in [5, 5.41) is 0. The molecule has 2 saturated heterocycles. The molecule has 1 aromatic rings. The first-order valence-electron chi connectivity index (χ1n) is 10.9. The van der Waals surface area contributed by atoms with Crippen LogP contribution in [0.4, 0.5) is 0 Å². The lowest BCUT2D eigenvalue weighted by molar-refractivity contribution is 0.0520. The van der Waals surface area contributed by atoms with Gasteiger partial charge < -0.3 is 4.90 Å². The second-order valence-electron chi connectivity index (χ2n) is 8.79. The summed E-state index contributed by atoms with van der Waals surface area (Å²) in [7, 11) is -3.54. The zero-order chi connectivity index (χ0) is 19.7. The summed E-state index contributed by atoms with van der Waals surface area (Å²) < 4.78 is 27.9. The molecule has 1 amide bonds. The van der Waals surface area contributed by atoms with E-state index in [2.05, 4.69) is 0 Å². The van der Waals surface area contributed by atoms with E-state index in [1.807, 2.05) is 11.8 Å². The summed E-state index contributed by atoms with van der Waals surface area (Å²) in [6, 6.07) is 5.20. The van der Waals surface area contributed by atoms with E-state index in [1.54, 1.807) is 22.5 Å². The van der Waals surface area contributed by atoms with Crippen molar-refractivity contribution in [2.75, 3.05) is 26.2 Å². The van der Waals surface area contributed by atoms with Gasteiger partial charge in [-0.25, -0.2) is 8.42 Å². The number of piperidine rings is 2. The monoisotopic (exact) mass is 404 g/mol. The van der Waals surface area contributed by atoms with Crippen molar-refractivity contribution < 1.29 is 13.2 Å². The van der Waals surface area contributed by atoms with Gasteiger partial charge in [-0.15, -0.1) is 0 Å². The van der Waals surface area contributed by atoms with Crippen LogP contribution in [0.5, 0.6) is 0 Å². The van der Waals surface area contributed by atoms with Crippen LogP contribution < -0.4 is 0 Å². The summed E-state index contributed by atoms with van der Waals surface area (Å²) >= 11 is 0. The van der Waals surface area contributed by atoms with Gasteiger partial charge in [0.05, 0.1) is 4.90 Å². The highest BCUT2D eigenvalue weighted by molar-refractivity contribution is 7.89. The topological polar surface area (TPSA) is 57.7 Å². The fourth-order valence-corrected chi connectivity index (χ4v) is 6.99. The van der Waals surface area contributed by atoms with E-state index in [1.165, 1.54) is 25.7 Å². The maximum absolute atomic E-state index is 13.2. The Morgan fingerprint density at radius 2 is 1.64 bits per heavy atom. The Bertz CT molecular complexity index is 830. The quantitative estimate of drug-likeness (QED) is 0.769. The minimum absolute atomic E-state index is 0.0147. The van der Waals surface area contributed by atoms with E-state index in [9.17, 15) is 13.2 Å². The molecule has 0 spiro atoms. The number of benzene rings is 1. The number of amides is 1. The van der Waals surface area contributed by atoms with Gasteiger partial charge in [-0.1, -0.05) is 31.7 Å². The summed E-state index contributed by atoms with van der Waals surface area (Å²) in [6.45, 7) is 4.59. The summed E-state index contributed by atoms with van der Waals surface area (Å²) in [4.78, 5) is 15.4. The molecule has 0 N–H and O–H groups in total. The first-order chi connectivity index (χ1) is 13.5. The van der Waals surface area contributed by atoms with Crippen LogP contribution in [0.15, 0.2) is 23.1 Å². The molecule has 1 aromatic carbocycles. The lowest BCUT2D eigenvalue weighted by Crippen LogP contribution is -2.44. The Labute approximate surface area is 169 Å². The van der Waals surface area contributed by atoms with Crippen LogP contribution >= 0.6 is 0 Å². The minimum Gasteiger partial charge on any atom is -0.338 e. The first-order valence-corrected chi connectivity index (χ1v) is 12.3. The number of likely N-dealkylation sites (tertiary alicyclic amines) is 1. The van der Waals surface area contributed by atoms with Crippen molar-refractivity contribution in [3.8, 4) is 0 Å². The zero-order valence-corrected chi connectivity index (χ0v) is 17.7. The molecule has 6 heteroatoms. The molecule has 0 radical (unpaired) electrons. The Hall–Kier alpha value is -1.40. The lowest BCUT2D eigenvalue weighted by atomic mass is 9.75. The summed E-state index contributed by atoms with van der Waals surface area (Å²) in [5.41, 5.74) is 1.23. The molecular formula is C22H32N2O3S. The number of sulfonamides is 1. The number of carbonyl (C=O) groups excluding carboxylic acids is 1. The molecule has 0 unspecified atom stereocenters. The summed E-state index contributed by atoms with van der Waals surface area (Å²) in [6.07, 6.45) is 9.10. The van der Waals surface area contributed by atoms with Crippen molar-refractivity contribution in [1.82, 2.24) is 9.21 Å². The van der Waals surface area contributed by atoms with Crippen molar-refractivity contribution in [2.45, 2.75) is 63.2 Å². The summed E-state index contributed by atoms with van der Waals surface area (Å²) in [5.74, 6) is 1.37. The van der Waals surface area contributed by atoms with Crippen LogP contribution in [0.1, 0.15) is 67.3 Å². The molecule has 2 aliphatic heterocycles.